The molecule has 5 atom stereocenters. The first-order chi connectivity index (χ1) is 14.2. The van der Waals surface area contributed by atoms with E-state index in [1.807, 2.05) is 24.5 Å². The summed E-state index contributed by atoms with van der Waals surface area (Å²) in [6.45, 7) is 3.64. The largest absolute Gasteiger partial charge is 0.370 e. The Bertz CT molecular complexity index is 861. The molecule has 6 nitrogen and oxygen atoms in total. The zero-order valence-corrected chi connectivity index (χ0v) is 16.5. The van der Waals surface area contributed by atoms with Gasteiger partial charge < -0.3 is 16.0 Å². The first kappa shape index (κ1) is 18.9. The van der Waals surface area contributed by atoms with Gasteiger partial charge in [0.1, 0.15) is 5.82 Å². The fourth-order valence-corrected chi connectivity index (χ4v) is 5.13. The zero-order chi connectivity index (χ0) is 19.8. The number of anilines is 1. The molecular formula is C22H29FN6. The molecule has 2 aromatic rings. The number of halogens is 1. The number of aromatic nitrogens is 1. The van der Waals surface area contributed by atoms with E-state index in [1.165, 1.54) is 11.3 Å². The van der Waals surface area contributed by atoms with E-state index in [9.17, 15) is 4.39 Å². The zero-order valence-electron chi connectivity index (χ0n) is 16.5. The maximum atomic E-state index is 14.4. The molecule has 0 radical (unpaired) electrons. The molecule has 0 aliphatic carbocycles. The number of nitrogens with zero attached hydrogens (tertiary/aromatic N) is 2. The van der Waals surface area contributed by atoms with Crippen LogP contribution in [0.15, 0.2) is 42.7 Å². The number of rotatable bonds is 4. The monoisotopic (exact) mass is 396 g/mol. The summed E-state index contributed by atoms with van der Waals surface area (Å²) in [7, 11) is 0. The van der Waals surface area contributed by atoms with Gasteiger partial charge in [-0.1, -0.05) is 18.2 Å². The lowest BCUT2D eigenvalue weighted by atomic mass is 9.80. The maximum absolute atomic E-state index is 14.4. The van der Waals surface area contributed by atoms with Crippen LogP contribution in [-0.2, 0) is 0 Å². The van der Waals surface area contributed by atoms with Gasteiger partial charge in [0.15, 0.2) is 0 Å². The molecule has 0 amide bonds. The third kappa shape index (κ3) is 3.64. The third-order valence-electron chi connectivity index (χ3n) is 6.83. The molecule has 3 fully saturated rings. The van der Waals surface area contributed by atoms with Crippen molar-refractivity contribution >= 4 is 5.69 Å². The summed E-state index contributed by atoms with van der Waals surface area (Å²) in [5.74, 6) is 0.745. The highest BCUT2D eigenvalue weighted by atomic mass is 19.1. The van der Waals surface area contributed by atoms with Crippen LogP contribution < -0.4 is 26.8 Å². The molecule has 29 heavy (non-hydrogen) atoms. The minimum Gasteiger partial charge on any atom is -0.370 e. The van der Waals surface area contributed by atoms with Crippen molar-refractivity contribution in [3.05, 3.63) is 59.7 Å². The highest BCUT2D eigenvalue weighted by molar-refractivity contribution is 5.48. The van der Waals surface area contributed by atoms with Crippen molar-refractivity contribution in [2.24, 2.45) is 17.6 Å². The lowest BCUT2D eigenvalue weighted by Crippen LogP contribution is -2.46. The van der Waals surface area contributed by atoms with Gasteiger partial charge in [0.05, 0.1) is 17.9 Å². The topological polar surface area (TPSA) is 78.2 Å². The predicted molar refractivity (Wildman–Crippen MR) is 112 cm³/mol. The summed E-state index contributed by atoms with van der Waals surface area (Å²) in [6, 6.07) is 9.82. The van der Waals surface area contributed by atoms with Crippen LogP contribution in [0.25, 0.3) is 0 Å². The fourth-order valence-electron chi connectivity index (χ4n) is 5.13. The molecule has 3 aliphatic heterocycles. The van der Waals surface area contributed by atoms with Gasteiger partial charge in [-0.25, -0.2) is 9.82 Å². The molecule has 1 aromatic heterocycles. The van der Waals surface area contributed by atoms with E-state index in [0.717, 1.165) is 44.6 Å². The van der Waals surface area contributed by atoms with Gasteiger partial charge in [-0.3, -0.25) is 10.4 Å². The average molecular weight is 397 g/mol. The second-order valence-electron chi connectivity index (χ2n) is 8.57. The molecular weight excluding hydrogens is 367 g/mol. The van der Waals surface area contributed by atoms with Gasteiger partial charge in [0.2, 0.25) is 0 Å². The van der Waals surface area contributed by atoms with E-state index in [0.29, 0.717) is 11.8 Å². The summed E-state index contributed by atoms with van der Waals surface area (Å²) in [6.07, 6.45) is 5.99. The number of fused-ring (bicyclic) bond motifs is 1. The minimum absolute atomic E-state index is 0.0224. The Labute approximate surface area is 171 Å². The Morgan fingerprint density at radius 1 is 1.21 bits per heavy atom. The van der Waals surface area contributed by atoms with Crippen LogP contribution in [0.2, 0.25) is 0 Å². The van der Waals surface area contributed by atoms with Crippen LogP contribution in [0, 0.1) is 17.7 Å². The van der Waals surface area contributed by atoms with Crippen molar-refractivity contribution < 1.29 is 4.39 Å². The fraction of sp³-hybridized carbons (Fsp3) is 0.500. The molecule has 7 heteroatoms. The van der Waals surface area contributed by atoms with Crippen LogP contribution in [0.1, 0.15) is 36.1 Å². The normalized spacial score (nSPS) is 31.8. The standard InChI is InChI=1S/C22H29FN6/c23-19-4-2-1-3-17(19)22-18-8-20(26-12-21(18)27-28-22)15-7-16(11-25-10-15)29-6-5-14(9-24)13-29/h1-4,7,10-11,14,18,20-22,26-28H,5-6,8-9,12-13,24H2/t14-,18?,20?,21?,22?/m1/s1. The number of hydrogen-bond acceptors (Lipinski definition) is 6. The molecule has 5 rings (SSSR count). The molecule has 5 N–H and O–H groups in total. The van der Waals surface area contributed by atoms with Gasteiger partial charge in [0.25, 0.3) is 0 Å². The molecule has 0 spiro atoms. The quantitative estimate of drug-likeness (QED) is 0.632. The number of pyridine rings is 1. The van der Waals surface area contributed by atoms with Crippen LogP contribution in [-0.4, -0.2) is 37.2 Å². The number of piperidine rings is 1. The van der Waals surface area contributed by atoms with Crippen LogP contribution >= 0.6 is 0 Å². The summed E-state index contributed by atoms with van der Waals surface area (Å²) in [4.78, 5) is 6.92. The highest BCUT2D eigenvalue weighted by Crippen LogP contribution is 2.39. The van der Waals surface area contributed by atoms with Gasteiger partial charge in [-0.05, 0) is 48.9 Å². The Hall–Kier alpha value is -2.06. The Balaban J connectivity index is 1.34. The summed E-state index contributed by atoms with van der Waals surface area (Å²) in [5.41, 5.74) is 15.7. The second kappa shape index (κ2) is 7.99. The lowest BCUT2D eigenvalue weighted by molar-refractivity contribution is 0.264. The predicted octanol–water partition coefficient (Wildman–Crippen LogP) is 1.87. The smallest absolute Gasteiger partial charge is 0.128 e. The first-order valence-electron chi connectivity index (χ1n) is 10.6. The summed E-state index contributed by atoms with van der Waals surface area (Å²) < 4.78 is 14.4. The van der Waals surface area contributed by atoms with E-state index in [-0.39, 0.29) is 23.9 Å². The van der Waals surface area contributed by atoms with Crippen molar-refractivity contribution in [3.63, 3.8) is 0 Å². The summed E-state index contributed by atoms with van der Waals surface area (Å²) >= 11 is 0. The third-order valence-corrected chi connectivity index (χ3v) is 6.83. The van der Waals surface area contributed by atoms with Crippen molar-refractivity contribution in [1.29, 1.82) is 0 Å². The molecule has 1 aromatic carbocycles. The number of hydrogen-bond donors (Lipinski definition) is 4. The minimum atomic E-state index is -0.144. The van der Waals surface area contributed by atoms with Crippen LogP contribution in [0.3, 0.4) is 0 Å². The van der Waals surface area contributed by atoms with Gasteiger partial charge in [0, 0.05) is 43.5 Å². The van der Waals surface area contributed by atoms with Gasteiger partial charge in [-0.15, -0.1) is 0 Å². The van der Waals surface area contributed by atoms with E-state index in [2.05, 4.69) is 32.1 Å². The number of benzene rings is 1. The van der Waals surface area contributed by atoms with Crippen LogP contribution in [0.4, 0.5) is 10.1 Å². The van der Waals surface area contributed by atoms with E-state index in [1.54, 1.807) is 12.1 Å². The Morgan fingerprint density at radius 2 is 2.10 bits per heavy atom. The SMILES string of the molecule is NC[C@H]1CCN(c2cncc(C3CC4C(CN3)NNC4c3ccccc3F)c2)C1. The van der Waals surface area contributed by atoms with Gasteiger partial charge in [-0.2, -0.15) is 0 Å². The van der Waals surface area contributed by atoms with Crippen molar-refractivity contribution in [1.82, 2.24) is 21.2 Å². The molecule has 3 aliphatic rings. The number of hydrazine groups is 1. The van der Waals surface area contributed by atoms with Crippen molar-refractivity contribution in [2.45, 2.75) is 31.0 Å². The highest BCUT2D eigenvalue weighted by Gasteiger charge is 2.42. The van der Waals surface area contributed by atoms with Gasteiger partial charge >= 0.3 is 0 Å². The number of nitrogens with one attached hydrogen (secondary N) is 3. The molecule has 0 saturated carbocycles. The van der Waals surface area contributed by atoms with E-state index in [4.69, 9.17) is 5.73 Å². The van der Waals surface area contributed by atoms with E-state index >= 15 is 0 Å². The van der Waals surface area contributed by atoms with Crippen LogP contribution in [0.5, 0.6) is 0 Å². The van der Waals surface area contributed by atoms with Crippen molar-refractivity contribution in [3.8, 4) is 0 Å². The summed E-state index contributed by atoms with van der Waals surface area (Å²) in [5, 5.41) is 3.66. The average Bonchev–Trinajstić information content (AvgIpc) is 3.41. The number of nitrogens with two attached hydrogens (primary N) is 1. The first-order valence-corrected chi connectivity index (χ1v) is 10.6. The molecule has 154 valence electrons. The molecule has 4 heterocycles. The van der Waals surface area contributed by atoms with E-state index < -0.39 is 0 Å². The Kier molecular flexibility index (Phi) is 5.22. The molecule has 3 saturated heterocycles. The second-order valence-corrected chi connectivity index (χ2v) is 8.57. The lowest BCUT2D eigenvalue weighted by Gasteiger charge is -2.35. The Morgan fingerprint density at radius 3 is 2.93 bits per heavy atom. The molecule has 0 bridgehead atoms. The maximum Gasteiger partial charge on any atom is 0.128 e. The molecule has 4 unspecified atom stereocenters. The van der Waals surface area contributed by atoms with Crippen molar-refractivity contribution in [2.75, 3.05) is 31.1 Å².